The number of rotatable bonds is 5. The third kappa shape index (κ3) is 3.48. The molecule has 1 aromatic carbocycles. The highest BCUT2D eigenvalue weighted by Crippen LogP contribution is 2.22. The molecular formula is C18H19N3O3. The van der Waals surface area contributed by atoms with Crippen molar-refractivity contribution in [2.24, 2.45) is 5.10 Å². The smallest absolute Gasteiger partial charge is 0.245 e. The highest BCUT2D eigenvalue weighted by Gasteiger charge is 2.33. The maximum absolute atomic E-state index is 11.9. The van der Waals surface area contributed by atoms with Crippen molar-refractivity contribution in [1.29, 1.82) is 0 Å². The lowest BCUT2D eigenvalue weighted by Gasteiger charge is -2.20. The first kappa shape index (κ1) is 16.2. The zero-order valence-corrected chi connectivity index (χ0v) is 13.5. The van der Waals surface area contributed by atoms with Gasteiger partial charge >= 0.3 is 0 Å². The van der Waals surface area contributed by atoms with Crippen LogP contribution in [0.15, 0.2) is 35.6 Å². The third-order valence-corrected chi connectivity index (χ3v) is 3.85. The van der Waals surface area contributed by atoms with Gasteiger partial charge in [-0.3, -0.25) is 4.79 Å². The minimum Gasteiger partial charge on any atom is -0.347 e. The summed E-state index contributed by atoms with van der Waals surface area (Å²) in [6.07, 6.45) is 9.04. The molecule has 124 valence electrons. The first-order chi connectivity index (χ1) is 11.6. The Morgan fingerprint density at radius 3 is 2.96 bits per heavy atom. The lowest BCUT2D eigenvalue weighted by molar-refractivity contribution is -0.159. The summed E-state index contributed by atoms with van der Waals surface area (Å²) in [5.74, 6) is 1.51. The average molecular weight is 325 g/mol. The summed E-state index contributed by atoms with van der Waals surface area (Å²) < 4.78 is 12.8. The maximum atomic E-state index is 11.9. The van der Waals surface area contributed by atoms with Crippen molar-refractivity contribution >= 4 is 23.0 Å². The molecular weight excluding hydrogens is 306 g/mol. The summed E-state index contributed by atoms with van der Waals surface area (Å²) in [5, 5.41) is 5.07. The average Bonchev–Trinajstić information content (AvgIpc) is 3.13. The number of hydrogen-bond donors (Lipinski definition) is 1. The van der Waals surface area contributed by atoms with E-state index >= 15 is 0 Å². The fourth-order valence-corrected chi connectivity index (χ4v) is 2.77. The molecule has 1 amide bonds. The molecule has 1 aromatic heterocycles. The lowest BCUT2D eigenvalue weighted by Crippen LogP contribution is -2.33. The van der Waals surface area contributed by atoms with Gasteiger partial charge in [-0.15, -0.1) is 6.42 Å². The molecule has 6 nitrogen and oxygen atoms in total. The molecule has 1 N–H and O–H groups in total. The molecule has 2 heterocycles. The fraction of sp³-hybridized carbons (Fsp3) is 0.333. The van der Waals surface area contributed by atoms with Crippen LogP contribution in [0.4, 0.5) is 0 Å². The molecule has 1 fully saturated rings. The zero-order valence-electron chi connectivity index (χ0n) is 13.5. The van der Waals surface area contributed by atoms with Gasteiger partial charge in [0.1, 0.15) is 0 Å². The number of nitrogens with one attached hydrogen (secondary N) is 1. The van der Waals surface area contributed by atoms with Crippen LogP contribution in [0.2, 0.25) is 0 Å². The molecule has 24 heavy (non-hydrogen) atoms. The van der Waals surface area contributed by atoms with Gasteiger partial charge in [0.15, 0.2) is 5.79 Å². The summed E-state index contributed by atoms with van der Waals surface area (Å²) in [7, 11) is 0. The number of hydrogen-bond acceptors (Lipinski definition) is 4. The topological polar surface area (TPSA) is 64.9 Å². The fourth-order valence-electron chi connectivity index (χ4n) is 2.77. The minimum atomic E-state index is -0.859. The molecule has 1 aliphatic heterocycles. The number of fused-ring (bicyclic) bond motifs is 1. The lowest BCUT2D eigenvalue weighted by atomic mass is 10.2. The Hall–Kier alpha value is -2.62. The van der Waals surface area contributed by atoms with Crippen molar-refractivity contribution in [3.8, 4) is 12.3 Å². The van der Waals surface area contributed by atoms with Gasteiger partial charge in [-0.25, -0.2) is 5.43 Å². The molecule has 0 atom stereocenters. The van der Waals surface area contributed by atoms with Gasteiger partial charge in [0.2, 0.25) is 5.91 Å². The highest BCUT2D eigenvalue weighted by atomic mass is 16.7. The Balaban J connectivity index is 1.69. The molecule has 0 spiro atoms. The van der Waals surface area contributed by atoms with Crippen molar-refractivity contribution in [3.63, 3.8) is 0 Å². The molecule has 6 heteroatoms. The minimum absolute atomic E-state index is 0.100. The third-order valence-electron chi connectivity index (χ3n) is 3.85. The number of ether oxygens (including phenoxy) is 2. The second-order valence-electron chi connectivity index (χ2n) is 5.73. The van der Waals surface area contributed by atoms with E-state index in [2.05, 4.69) is 16.4 Å². The Bertz CT molecular complexity index is 811. The first-order valence-corrected chi connectivity index (χ1v) is 7.72. The highest BCUT2D eigenvalue weighted by molar-refractivity contribution is 5.99. The molecule has 1 aliphatic rings. The van der Waals surface area contributed by atoms with Crippen LogP contribution in [-0.4, -0.2) is 35.7 Å². The van der Waals surface area contributed by atoms with Crippen LogP contribution in [-0.2, 0) is 20.8 Å². The van der Waals surface area contributed by atoms with E-state index in [0.717, 1.165) is 16.5 Å². The maximum Gasteiger partial charge on any atom is 0.245 e. The van der Waals surface area contributed by atoms with Gasteiger partial charge in [-0.05, 0) is 13.0 Å². The quantitative estimate of drug-likeness (QED) is 0.518. The van der Waals surface area contributed by atoms with Gasteiger partial charge in [-0.2, -0.15) is 5.10 Å². The van der Waals surface area contributed by atoms with Gasteiger partial charge in [0.05, 0.1) is 32.4 Å². The summed E-state index contributed by atoms with van der Waals surface area (Å²) in [5.41, 5.74) is 4.43. The molecule has 0 radical (unpaired) electrons. The van der Waals surface area contributed by atoms with Gasteiger partial charge in [-0.1, -0.05) is 24.1 Å². The molecule has 0 bridgehead atoms. The Morgan fingerprint density at radius 2 is 2.21 bits per heavy atom. The molecule has 0 unspecified atom stereocenters. The summed E-state index contributed by atoms with van der Waals surface area (Å²) >= 11 is 0. The summed E-state index contributed by atoms with van der Waals surface area (Å²) in [6, 6.07) is 7.90. The van der Waals surface area contributed by atoms with E-state index in [4.69, 9.17) is 15.9 Å². The van der Waals surface area contributed by atoms with Crippen LogP contribution in [0.5, 0.6) is 0 Å². The van der Waals surface area contributed by atoms with E-state index in [1.54, 1.807) is 13.1 Å². The SMILES string of the molecule is C#CCn1cc(/C=N/NC(=O)CC2(C)OCCO2)c2ccccc21. The van der Waals surface area contributed by atoms with Crippen LogP contribution in [0.3, 0.4) is 0 Å². The van der Waals surface area contributed by atoms with Gasteiger partial charge < -0.3 is 14.0 Å². The molecule has 2 aromatic rings. The van der Waals surface area contributed by atoms with Crippen molar-refractivity contribution in [2.45, 2.75) is 25.7 Å². The number of carbonyl (C=O) groups excluding carboxylic acids is 1. The van der Waals surface area contributed by atoms with Crippen molar-refractivity contribution in [3.05, 3.63) is 36.0 Å². The van der Waals surface area contributed by atoms with E-state index in [0.29, 0.717) is 19.8 Å². The van der Waals surface area contributed by atoms with Crippen LogP contribution < -0.4 is 5.43 Å². The van der Waals surface area contributed by atoms with Crippen molar-refractivity contribution < 1.29 is 14.3 Å². The predicted octanol–water partition coefficient (Wildman–Crippen LogP) is 1.88. The van der Waals surface area contributed by atoms with Crippen LogP contribution in [0, 0.1) is 12.3 Å². The monoisotopic (exact) mass is 325 g/mol. The van der Waals surface area contributed by atoms with Crippen molar-refractivity contribution in [1.82, 2.24) is 9.99 Å². The molecule has 0 aliphatic carbocycles. The first-order valence-electron chi connectivity index (χ1n) is 7.72. The normalized spacial score (nSPS) is 16.5. The standard InChI is InChI=1S/C18H19N3O3/c1-3-8-21-13-14(15-6-4-5-7-16(15)21)12-19-20-17(22)11-18(2)23-9-10-24-18/h1,4-7,12-13H,8-11H2,2H3,(H,20,22)/b19-12+. The zero-order chi connectivity index (χ0) is 17.0. The Kier molecular flexibility index (Phi) is 4.65. The number of benzene rings is 1. The Morgan fingerprint density at radius 1 is 1.46 bits per heavy atom. The van der Waals surface area contributed by atoms with E-state index < -0.39 is 5.79 Å². The molecule has 1 saturated heterocycles. The molecule has 3 rings (SSSR count). The molecule has 0 saturated carbocycles. The van der Waals surface area contributed by atoms with Gasteiger partial charge in [0, 0.05) is 22.7 Å². The summed E-state index contributed by atoms with van der Waals surface area (Å²) in [4.78, 5) is 11.9. The number of amides is 1. The summed E-state index contributed by atoms with van der Waals surface area (Å²) in [6.45, 7) is 3.23. The number of para-hydroxylation sites is 1. The van der Waals surface area contributed by atoms with Gasteiger partial charge in [0.25, 0.3) is 0 Å². The number of hydrazone groups is 1. The predicted molar refractivity (Wildman–Crippen MR) is 91.4 cm³/mol. The second kappa shape index (κ2) is 6.87. The largest absolute Gasteiger partial charge is 0.347 e. The van der Waals surface area contributed by atoms with E-state index in [-0.39, 0.29) is 12.3 Å². The number of nitrogens with zero attached hydrogens (tertiary/aromatic N) is 2. The van der Waals surface area contributed by atoms with E-state index in [9.17, 15) is 4.79 Å². The Labute approximate surface area is 140 Å². The van der Waals surface area contributed by atoms with E-state index in [1.165, 1.54) is 0 Å². The van der Waals surface area contributed by atoms with E-state index in [1.807, 2.05) is 35.0 Å². The number of carbonyl (C=O) groups is 1. The number of aromatic nitrogens is 1. The van der Waals surface area contributed by atoms with Crippen LogP contribution >= 0.6 is 0 Å². The van der Waals surface area contributed by atoms with Crippen molar-refractivity contribution in [2.75, 3.05) is 13.2 Å². The number of terminal acetylenes is 1. The van der Waals surface area contributed by atoms with Crippen LogP contribution in [0.25, 0.3) is 10.9 Å². The van der Waals surface area contributed by atoms with Crippen LogP contribution in [0.1, 0.15) is 18.9 Å². The second-order valence-corrected chi connectivity index (χ2v) is 5.73.